The van der Waals surface area contributed by atoms with Gasteiger partial charge in [0.25, 0.3) is 5.91 Å². The van der Waals surface area contributed by atoms with Crippen molar-refractivity contribution in [2.45, 2.75) is 13.2 Å². The van der Waals surface area contributed by atoms with E-state index in [2.05, 4.69) is 48.9 Å². The van der Waals surface area contributed by atoms with Crippen molar-refractivity contribution in [1.29, 1.82) is 0 Å². The van der Waals surface area contributed by atoms with Crippen LogP contribution in [0.15, 0.2) is 68.0 Å². The number of nitrogens with zero attached hydrogens (tertiary/aromatic N) is 2. The lowest BCUT2D eigenvalue weighted by atomic mass is 10.2. The van der Waals surface area contributed by atoms with Crippen molar-refractivity contribution in [2.24, 2.45) is 0 Å². The van der Waals surface area contributed by atoms with E-state index >= 15 is 0 Å². The van der Waals surface area contributed by atoms with Crippen molar-refractivity contribution in [3.05, 3.63) is 85.6 Å². The first-order valence-corrected chi connectivity index (χ1v) is 11.9. The molecule has 0 unspecified atom stereocenters. The molecule has 8 heteroatoms. The van der Waals surface area contributed by atoms with Gasteiger partial charge in [-0.05, 0) is 42.0 Å². The highest BCUT2D eigenvalue weighted by atomic mass is 79.9. The number of amides is 1. The Hall–Kier alpha value is -1.80. The molecule has 0 saturated carbocycles. The van der Waals surface area contributed by atoms with Gasteiger partial charge in [0.05, 0.1) is 5.02 Å². The van der Waals surface area contributed by atoms with Gasteiger partial charge in [0, 0.05) is 41.7 Å². The lowest BCUT2D eigenvalue weighted by Crippen LogP contribution is -2.48. The van der Waals surface area contributed by atoms with E-state index in [1.54, 1.807) is 24.3 Å². The van der Waals surface area contributed by atoms with Gasteiger partial charge in [-0.25, -0.2) is 0 Å². The van der Waals surface area contributed by atoms with Crippen LogP contribution in [0.5, 0.6) is 5.75 Å². The maximum atomic E-state index is 12.8. The lowest BCUT2D eigenvalue weighted by molar-refractivity contribution is 0.0594. The first-order chi connectivity index (χ1) is 15.0. The van der Waals surface area contributed by atoms with Gasteiger partial charge in [0.15, 0.2) is 5.76 Å². The van der Waals surface area contributed by atoms with Gasteiger partial charge in [-0.3, -0.25) is 9.69 Å². The molecule has 1 aliphatic heterocycles. The van der Waals surface area contributed by atoms with Crippen molar-refractivity contribution in [2.75, 3.05) is 26.2 Å². The SMILES string of the molecule is O=C(c1ccc(COc2ccc(Br)cc2Cl)o1)N1CCN(Cc2ccccc2Br)CC1. The zero-order chi connectivity index (χ0) is 21.8. The van der Waals surface area contributed by atoms with Crippen LogP contribution in [0, 0.1) is 0 Å². The largest absolute Gasteiger partial charge is 0.484 e. The molecule has 5 nitrogen and oxygen atoms in total. The molecular formula is C23H21Br2ClN2O3. The zero-order valence-electron chi connectivity index (χ0n) is 16.7. The number of carbonyl (C=O) groups is 1. The summed E-state index contributed by atoms with van der Waals surface area (Å²) in [5, 5.41) is 0.512. The summed E-state index contributed by atoms with van der Waals surface area (Å²) in [6.45, 7) is 4.06. The average Bonchev–Trinajstić information content (AvgIpc) is 3.24. The molecule has 3 aromatic rings. The van der Waals surface area contributed by atoms with Crippen LogP contribution in [-0.2, 0) is 13.2 Å². The summed E-state index contributed by atoms with van der Waals surface area (Å²) >= 11 is 13.1. The average molecular weight is 569 g/mol. The number of hydrogen-bond acceptors (Lipinski definition) is 4. The van der Waals surface area contributed by atoms with Crippen LogP contribution < -0.4 is 4.74 Å². The van der Waals surface area contributed by atoms with E-state index in [0.29, 0.717) is 35.4 Å². The second kappa shape index (κ2) is 10.2. The fourth-order valence-electron chi connectivity index (χ4n) is 3.44. The topological polar surface area (TPSA) is 45.9 Å². The first-order valence-electron chi connectivity index (χ1n) is 9.91. The van der Waals surface area contributed by atoms with Crippen LogP contribution in [0.2, 0.25) is 5.02 Å². The van der Waals surface area contributed by atoms with E-state index in [1.165, 1.54) is 5.56 Å². The maximum Gasteiger partial charge on any atom is 0.289 e. The maximum absolute atomic E-state index is 12.8. The number of ether oxygens (including phenoxy) is 1. The number of benzene rings is 2. The Morgan fingerprint density at radius 3 is 2.55 bits per heavy atom. The molecule has 0 bridgehead atoms. The third-order valence-electron chi connectivity index (χ3n) is 5.15. The van der Waals surface area contributed by atoms with Crippen LogP contribution in [0.1, 0.15) is 21.9 Å². The molecule has 1 fully saturated rings. The second-order valence-electron chi connectivity index (χ2n) is 7.29. The van der Waals surface area contributed by atoms with E-state index in [1.807, 2.05) is 23.1 Å². The number of rotatable bonds is 6. The molecular weight excluding hydrogens is 548 g/mol. The molecule has 1 aliphatic rings. The quantitative estimate of drug-likeness (QED) is 0.366. The predicted molar refractivity (Wildman–Crippen MR) is 128 cm³/mol. The molecule has 1 saturated heterocycles. The van der Waals surface area contributed by atoms with E-state index in [-0.39, 0.29) is 12.5 Å². The van der Waals surface area contributed by atoms with Crippen LogP contribution in [0.25, 0.3) is 0 Å². The van der Waals surface area contributed by atoms with Crippen molar-refractivity contribution in [3.8, 4) is 5.75 Å². The highest BCUT2D eigenvalue weighted by Gasteiger charge is 2.24. The standard InChI is InChI=1S/C23H21Br2ClN2O3/c24-17-5-7-21(20(26)13-17)30-15-18-6-8-22(31-18)23(29)28-11-9-27(10-12-28)14-16-3-1-2-4-19(16)25/h1-8,13H,9-12,14-15H2. The molecule has 0 N–H and O–H groups in total. The van der Waals surface area contributed by atoms with E-state index in [0.717, 1.165) is 28.6 Å². The Balaban J connectivity index is 1.29. The Morgan fingerprint density at radius 1 is 1.03 bits per heavy atom. The normalized spacial score (nSPS) is 14.6. The highest BCUT2D eigenvalue weighted by molar-refractivity contribution is 9.10. The van der Waals surface area contributed by atoms with Crippen LogP contribution in [-0.4, -0.2) is 41.9 Å². The first kappa shape index (κ1) is 22.4. The molecule has 31 heavy (non-hydrogen) atoms. The Morgan fingerprint density at radius 2 is 1.81 bits per heavy atom. The summed E-state index contributed by atoms with van der Waals surface area (Å²) < 4.78 is 13.4. The lowest BCUT2D eigenvalue weighted by Gasteiger charge is -2.34. The van der Waals surface area contributed by atoms with Gasteiger partial charge in [-0.2, -0.15) is 0 Å². The van der Waals surface area contributed by atoms with Gasteiger partial charge in [0.1, 0.15) is 18.1 Å². The number of carbonyl (C=O) groups excluding carboxylic acids is 1. The Labute approximate surface area is 203 Å². The number of halogens is 3. The molecule has 0 atom stereocenters. The smallest absolute Gasteiger partial charge is 0.289 e. The van der Waals surface area contributed by atoms with Crippen LogP contribution in [0.4, 0.5) is 0 Å². The summed E-state index contributed by atoms with van der Waals surface area (Å²) in [6, 6.07) is 17.1. The number of furan rings is 1. The van der Waals surface area contributed by atoms with Crippen LogP contribution in [0.3, 0.4) is 0 Å². The molecule has 4 rings (SSSR count). The fraction of sp³-hybridized carbons (Fsp3) is 0.261. The Kier molecular flexibility index (Phi) is 7.38. The number of piperazine rings is 1. The minimum absolute atomic E-state index is 0.0894. The molecule has 0 radical (unpaired) electrons. The third kappa shape index (κ3) is 5.71. The minimum Gasteiger partial charge on any atom is -0.484 e. The summed E-state index contributed by atoms with van der Waals surface area (Å²) in [4.78, 5) is 17.0. The Bertz CT molecular complexity index is 1060. The molecule has 1 aromatic heterocycles. The van der Waals surface area contributed by atoms with E-state index in [4.69, 9.17) is 20.8 Å². The van der Waals surface area contributed by atoms with Crippen molar-refractivity contribution in [3.63, 3.8) is 0 Å². The van der Waals surface area contributed by atoms with Gasteiger partial charge in [-0.1, -0.05) is 61.7 Å². The molecule has 1 amide bonds. The predicted octanol–water partition coefficient (Wildman–Crippen LogP) is 6.00. The van der Waals surface area contributed by atoms with Gasteiger partial charge < -0.3 is 14.1 Å². The van der Waals surface area contributed by atoms with Crippen LogP contribution >= 0.6 is 43.5 Å². The monoisotopic (exact) mass is 566 g/mol. The zero-order valence-corrected chi connectivity index (χ0v) is 20.6. The summed E-state index contributed by atoms with van der Waals surface area (Å²) in [5.74, 6) is 1.39. The highest BCUT2D eigenvalue weighted by Crippen LogP contribution is 2.28. The van der Waals surface area contributed by atoms with Crippen molar-refractivity contribution < 1.29 is 13.9 Å². The molecule has 2 heterocycles. The van der Waals surface area contributed by atoms with Gasteiger partial charge in [0.2, 0.25) is 0 Å². The second-order valence-corrected chi connectivity index (χ2v) is 9.47. The fourth-order valence-corrected chi connectivity index (χ4v) is 4.58. The molecule has 0 spiro atoms. The third-order valence-corrected chi connectivity index (χ3v) is 6.71. The van der Waals surface area contributed by atoms with E-state index < -0.39 is 0 Å². The van der Waals surface area contributed by atoms with Crippen molar-refractivity contribution >= 4 is 49.4 Å². The molecule has 0 aliphatic carbocycles. The van der Waals surface area contributed by atoms with Gasteiger partial charge in [-0.15, -0.1) is 0 Å². The van der Waals surface area contributed by atoms with E-state index in [9.17, 15) is 4.79 Å². The minimum atomic E-state index is -0.0894. The molecule has 162 valence electrons. The van der Waals surface area contributed by atoms with Gasteiger partial charge >= 0.3 is 0 Å². The summed E-state index contributed by atoms with van der Waals surface area (Å²) in [5.41, 5.74) is 1.25. The summed E-state index contributed by atoms with van der Waals surface area (Å²) in [7, 11) is 0. The van der Waals surface area contributed by atoms with Crippen molar-refractivity contribution in [1.82, 2.24) is 9.80 Å². The number of hydrogen-bond donors (Lipinski definition) is 0. The molecule has 2 aromatic carbocycles. The summed E-state index contributed by atoms with van der Waals surface area (Å²) in [6.07, 6.45) is 0.